The summed E-state index contributed by atoms with van der Waals surface area (Å²) >= 11 is 6.09. The molecule has 0 saturated heterocycles. The van der Waals surface area contributed by atoms with Gasteiger partial charge in [0.2, 0.25) is 0 Å². The van der Waals surface area contributed by atoms with Crippen LogP contribution in [0.2, 0.25) is 5.02 Å². The molecule has 0 aliphatic carbocycles. The number of aromatic nitrogens is 2. The second-order valence-corrected chi connectivity index (χ2v) is 6.72. The van der Waals surface area contributed by atoms with Gasteiger partial charge in [0.1, 0.15) is 11.5 Å². The van der Waals surface area contributed by atoms with E-state index >= 15 is 0 Å². The van der Waals surface area contributed by atoms with Crippen LogP contribution >= 0.6 is 11.6 Å². The fraction of sp³-hybridized carbons (Fsp3) is 0.235. The van der Waals surface area contributed by atoms with Gasteiger partial charge in [0, 0.05) is 11.6 Å². The summed E-state index contributed by atoms with van der Waals surface area (Å²) in [5.74, 6) is 0.320. The van der Waals surface area contributed by atoms with E-state index in [1.54, 1.807) is 24.4 Å². The Hall–Kier alpha value is -2.27. The average Bonchev–Trinajstić information content (AvgIpc) is 2.85. The SMILES string of the molecule is CC(C)(C)c1nc2ccc(Cl)cn2c1N=Nc1ccc(F)cc1. The lowest BCUT2D eigenvalue weighted by atomic mass is 9.92. The maximum atomic E-state index is 13.0. The molecule has 0 radical (unpaired) electrons. The van der Waals surface area contributed by atoms with Gasteiger partial charge in [0.05, 0.1) is 16.4 Å². The van der Waals surface area contributed by atoms with Gasteiger partial charge in [-0.3, -0.25) is 4.40 Å². The number of benzene rings is 1. The first-order valence-electron chi connectivity index (χ1n) is 7.20. The van der Waals surface area contributed by atoms with E-state index < -0.39 is 0 Å². The van der Waals surface area contributed by atoms with Gasteiger partial charge in [-0.25, -0.2) is 9.37 Å². The van der Waals surface area contributed by atoms with Crippen molar-refractivity contribution in [2.45, 2.75) is 26.2 Å². The number of pyridine rings is 1. The molecule has 4 nitrogen and oxygen atoms in total. The molecular formula is C17H16ClFN4. The van der Waals surface area contributed by atoms with Gasteiger partial charge >= 0.3 is 0 Å². The second kappa shape index (κ2) is 5.74. The van der Waals surface area contributed by atoms with Gasteiger partial charge < -0.3 is 0 Å². The Morgan fingerprint density at radius 3 is 2.39 bits per heavy atom. The predicted molar refractivity (Wildman–Crippen MR) is 89.5 cm³/mol. The lowest BCUT2D eigenvalue weighted by Gasteiger charge is -2.15. The van der Waals surface area contributed by atoms with Crippen LogP contribution in [0.5, 0.6) is 0 Å². The van der Waals surface area contributed by atoms with Crippen LogP contribution in [-0.4, -0.2) is 9.38 Å². The summed E-state index contributed by atoms with van der Waals surface area (Å²) < 4.78 is 14.8. The summed E-state index contributed by atoms with van der Waals surface area (Å²) in [7, 11) is 0. The van der Waals surface area contributed by atoms with Crippen molar-refractivity contribution in [1.29, 1.82) is 0 Å². The minimum atomic E-state index is -0.305. The zero-order chi connectivity index (χ0) is 16.6. The van der Waals surface area contributed by atoms with Crippen LogP contribution in [0.15, 0.2) is 52.8 Å². The normalized spacial score (nSPS) is 12.4. The number of azo groups is 1. The van der Waals surface area contributed by atoms with Gasteiger partial charge in [0.25, 0.3) is 0 Å². The summed E-state index contributed by atoms with van der Waals surface area (Å²) in [6.45, 7) is 6.19. The molecular weight excluding hydrogens is 315 g/mol. The van der Waals surface area contributed by atoms with Crippen molar-refractivity contribution >= 4 is 28.8 Å². The third-order valence-corrected chi connectivity index (χ3v) is 3.58. The van der Waals surface area contributed by atoms with Crippen molar-refractivity contribution < 1.29 is 4.39 Å². The van der Waals surface area contributed by atoms with Gasteiger partial charge in [-0.1, -0.05) is 32.4 Å². The minimum Gasteiger partial charge on any atom is -0.281 e. The van der Waals surface area contributed by atoms with Gasteiger partial charge in [0.15, 0.2) is 5.82 Å². The summed E-state index contributed by atoms with van der Waals surface area (Å²) in [5, 5.41) is 9.14. The molecule has 0 saturated carbocycles. The number of hydrogen-bond acceptors (Lipinski definition) is 3. The minimum absolute atomic E-state index is 0.199. The van der Waals surface area contributed by atoms with Crippen molar-refractivity contribution in [2.75, 3.05) is 0 Å². The smallest absolute Gasteiger partial charge is 0.183 e. The molecule has 0 N–H and O–H groups in total. The fourth-order valence-corrected chi connectivity index (χ4v) is 2.38. The highest BCUT2D eigenvalue weighted by Crippen LogP contribution is 2.33. The van der Waals surface area contributed by atoms with Crippen LogP contribution in [-0.2, 0) is 5.41 Å². The van der Waals surface area contributed by atoms with Crippen molar-refractivity contribution in [2.24, 2.45) is 10.2 Å². The molecule has 0 unspecified atom stereocenters. The first kappa shape index (κ1) is 15.6. The average molecular weight is 331 g/mol. The third-order valence-electron chi connectivity index (χ3n) is 3.35. The molecule has 6 heteroatoms. The number of imidazole rings is 1. The van der Waals surface area contributed by atoms with Crippen LogP contribution in [0.4, 0.5) is 15.9 Å². The fourth-order valence-electron chi connectivity index (χ4n) is 2.22. The molecule has 0 fully saturated rings. The number of rotatable bonds is 2. The molecule has 23 heavy (non-hydrogen) atoms. The van der Waals surface area contributed by atoms with Crippen molar-refractivity contribution in [3.05, 3.63) is 59.1 Å². The maximum Gasteiger partial charge on any atom is 0.183 e. The van der Waals surface area contributed by atoms with Crippen LogP contribution in [0.25, 0.3) is 5.65 Å². The standard InChI is InChI=1S/C17H16ClFN4/c1-17(2,3)15-16(22-21-13-7-5-12(19)6-8-13)23-10-11(18)4-9-14(23)20-15/h4-10H,1-3H3. The van der Waals surface area contributed by atoms with Crippen molar-refractivity contribution in [1.82, 2.24) is 9.38 Å². The zero-order valence-electron chi connectivity index (χ0n) is 13.1. The molecule has 2 heterocycles. The van der Waals surface area contributed by atoms with Crippen molar-refractivity contribution in [3.63, 3.8) is 0 Å². The molecule has 118 valence electrons. The molecule has 3 rings (SSSR count). The van der Waals surface area contributed by atoms with Crippen LogP contribution in [0, 0.1) is 5.82 Å². The van der Waals surface area contributed by atoms with E-state index in [4.69, 9.17) is 11.6 Å². The van der Waals surface area contributed by atoms with E-state index in [1.807, 2.05) is 10.5 Å². The second-order valence-electron chi connectivity index (χ2n) is 6.29. The lowest BCUT2D eigenvalue weighted by Crippen LogP contribution is -2.11. The Morgan fingerprint density at radius 2 is 1.74 bits per heavy atom. The highest BCUT2D eigenvalue weighted by Gasteiger charge is 2.24. The Balaban J connectivity index is 2.14. The molecule has 0 aliphatic heterocycles. The van der Waals surface area contributed by atoms with E-state index in [-0.39, 0.29) is 11.2 Å². The van der Waals surface area contributed by atoms with Gasteiger partial charge in [-0.2, -0.15) is 0 Å². The first-order valence-corrected chi connectivity index (χ1v) is 7.58. The molecule has 0 bridgehead atoms. The summed E-state index contributed by atoms with van der Waals surface area (Å²) in [6, 6.07) is 9.48. The predicted octanol–water partition coefficient (Wildman–Crippen LogP) is 5.84. The summed E-state index contributed by atoms with van der Waals surface area (Å²) in [4.78, 5) is 4.64. The quantitative estimate of drug-likeness (QED) is 0.544. The molecule has 0 spiro atoms. The number of fused-ring (bicyclic) bond motifs is 1. The molecule has 1 aromatic carbocycles. The lowest BCUT2D eigenvalue weighted by molar-refractivity contribution is 0.574. The monoisotopic (exact) mass is 330 g/mol. The number of hydrogen-bond donors (Lipinski definition) is 0. The first-order chi connectivity index (χ1) is 10.8. The van der Waals surface area contributed by atoms with Crippen LogP contribution in [0.3, 0.4) is 0 Å². The zero-order valence-corrected chi connectivity index (χ0v) is 13.8. The van der Waals surface area contributed by atoms with Crippen LogP contribution < -0.4 is 0 Å². The van der Waals surface area contributed by atoms with E-state index in [9.17, 15) is 4.39 Å². The Kier molecular flexibility index (Phi) is 3.90. The molecule has 2 aromatic heterocycles. The molecule has 0 atom stereocenters. The summed E-state index contributed by atoms with van der Waals surface area (Å²) in [6.07, 6.45) is 1.76. The van der Waals surface area contributed by atoms with Gasteiger partial charge in [-0.05, 0) is 36.4 Å². The van der Waals surface area contributed by atoms with E-state index in [0.717, 1.165) is 11.3 Å². The topological polar surface area (TPSA) is 42.0 Å². The molecule has 0 aliphatic rings. The van der Waals surface area contributed by atoms with Crippen LogP contribution in [0.1, 0.15) is 26.5 Å². The summed E-state index contributed by atoms with van der Waals surface area (Å²) in [5.41, 5.74) is 1.96. The van der Waals surface area contributed by atoms with E-state index in [1.165, 1.54) is 12.1 Å². The van der Waals surface area contributed by atoms with E-state index in [0.29, 0.717) is 16.5 Å². The van der Waals surface area contributed by atoms with E-state index in [2.05, 4.69) is 36.0 Å². The van der Waals surface area contributed by atoms with Gasteiger partial charge in [-0.15, -0.1) is 10.2 Å². The highest BCUT2D eigenvalue weighted by molar-refractivity contribution is 6.30. The third kappa shape index (κ3) is 3.24. The number of nitrogens with zero attached hydrogens (tertiary/aromatic N) is 4. The Morgan fingerprint density at radius 1 is 1.04 bits per heavy atom. The molecule has 3 aromatic rings. The Bertz CT molecular complexity index is 876. The molecule has 0 amide bonds. The largest absolute Gasteiger partial charge is 0.281 e. The number of halogens is 2. The highest BCUT2D eigenvalue weighted by atomic mass is 35.5. The Labute approximate surface area is 138 Å². The maximum absolute atomic E-state index is 13.0. The van der Waals surface area contributed by atoms with Crippen molar-refractivity contribution in [3.8, 4) is 0 Å².